The summed E-state index contributed by atoms with van der Waals surface area (Å²) in [7, 11) is 1.42. The predicted octanol–water partition coefficient (Wildman–Crippen LogP) is 3.30. The van der Waals surface area contributed by atoms with Crippen LogP contribution in [0.15, 0.2) is 48.7 Å². The Kier molecular flexibility index (Phi) is 5.06. The lowest BCUT2D eigenvalue weighted by molar-refractivity contribution is -0.127. The number of carbonyl (C=O) groups excluding carboxylic acids is 1. The maximum atomic E-state index is 13.8. The highest BCUT2D eigenvalue weighted by atomic mass is 19.1. The van der Waals surface area contributed by atoms with Crippen molar-refractivity contribution < 1.29 is 13.9 Å². The van der Waals surface area contributed by atoms with Crippen molar-refractivity contribution in [2.45, 2.75) is 18.8 Å². The molecule has 28 heavy (non-hydrogen) atoms. The number of amides is 1. The van der Waals surface area contributed by atoms with Crippen LogP contribution in [0.3, 0.4) is 0 Å². The van der Waals surface area contributed by atoms with E-state index in [9.17, 15) is 9.18 Å². The van der Waals surface area contributed by atoms with Crippen LogP contribution in [-0.2, 0) is 4.79 Å². The van der Waals surface area contributed by atoms with Crippen molar-refractivity contribution in [3.8, 4) is 5.75 Å². The van der Waals surface area contributed by atoms with Gasteiger partial charge in [-0.2, -0.15) is 0 Å². The molecule has 0 spiro atoms. The second-order valence-corrected chi connectivity index (χ2v) is 6.84. The number of hydrogen-bond acceptors (Lipinski definition) is 4. The minimum atomic E-state index is -0.450. The van der Waals surface area contributed by atoms with Crippen molar-refractivity contribution in [3.05, 3.63) is 65.9 Å². The molecule has 1 fully saturated rings. The predicted molar refractivity (Wildman–Crippen MR) is 104 cm³/mol. The van der Waals surface area contributed by atoms with Crippen molar-refractivity contribution in [1.29, 1.82) is 0 Å². The molecule has 1 aromatic carbocycles. The summed E-state index contributed by atoms with van der Waals surface area (Å²) in [6, 6.07) is 10.4. The molecule has 0 saturated carbocycles. The van der Waals surface area contributed by atoms with Gasteiger partial charge in [0.15, 0.2) is 17.2 Å². The number of halogens is 1. The second-order valence-electron chi connectivity index (χ2n) is 6.84. The van der Waals surface area contributed by atoms with Crippen LogP contribution in [0, 0.1) is 5.82 Å². The Bertz CT molecular complexity index is 1030. The van der Waals surface area contributed by atoms with Gasteiger partial charge in [0.1, 0.15) is 5.82 Å². The van der Waals surface area contributed by atoms with E-state index < -0.39 is 5.82 Å². The molecule has 0 bridgehead atoms. The van der Waals surface area contributed by atoms with Crippen LogP contribution in [-0.4, -0.2) is 45.6 Å². The standard InChI is InChI=1S/C21H21FN4O2/c1-28-18-9-7-15(13-17(18)22)8-10-20(27)25-11-4-5-16(14-25)21-24-23-19-6-2-3-12-26(19)21/h2-3,6-10,12-13,16H,4-5,11,14H2,1H3/b10-8+. The first kappa shape index (κ1) is 18.2. The van der Waals surface area contributed by atoms with Gasteiger partial charge in [-0.3, -0.25) is 9.20 Å². The number of hydrogen-bond donors (Lipinski definition) is 0. The van der Waals surface area contributed by atoms with E-state index in [0.717, 1.165) is 24.3 Å². The number of pyridine rings is 1. The Morgan fingerprint density at radius 1 is 1.29 bits per heavy atom. The van der Waals surface area contributed by atoms with Crippen LogP contribution >= 0.6 is 0 Å². The molecule has 1 saturated heterocycles. The van der Waals surface area contributed by atoms with Crippen LogP contribution in [0.25, 0.3) is 11.7 Å². The fourth-order valence-corrected chi connectivity index (χ4v) is 3.59. The summed E-state index contributed by atoms with van der Waals surface area (Å²) < 4.78 is 20.7. The number of ether oxygens (including phenoxy) is 1. The maximum absolute atomic E-state index is 13.8. The molecule has 3 heterocycles. The minimum Gasteiger partial charge on any atom is -0.494 e. The highest BCUT2D eigenvalue weighted by molar-refractivity contribution is 5.91. The Hall–Kier alpha value is -3.22. The summed E-state index contributed by atoms with van der Waals surface area (Å²) in [5.41, 5.74) is 1.42. The third-order valence-corrected chi connectivity index (χ3v) is 5.03. The van der Waals surface area contributed by atoms with Crippen molar-refractivity contribution in [2.75, 3.05) is 20.2 Å². The summed E-state index contributed by atoms with van der Waals surface area (Å²) in [5.74, 6) is 0.669. The monoisotopic (exact) mass is 380 g/mol. The van der Waals surface area contributed by atoms with E-state index >= 15 is 0 Å². The molecule has 1 amide bonds. The van der Waals surface area contributed by atoms with Gasteiger partial charge in [0.2, 0.25) is 5.91 Å². The molecule has 1 aliphatic rings. The molecule has 6 nitrogen and oxygen atoms in total. The molecule has 1 atom stereocenters. The zero-order valence-corrected chi connectivity index (χ0v) is 15.6. The zero-order chi connectivity index (χ0) is 19.5. The average Bonchev–Trinajstić information content (AvgIpc) is 3.16. The number of piperidine rings is 1. The Labute approximate surface area is 162 Å². The summed E-state index contributed by atoms with van der Waals surface area (Å²) in [6.07, 6.45) is 6.94. The van der Waals surface area contributed by atoms with Crippen LogP contribution < -0.4 is 4.74 Å². The first-order chi connectivity index (χ1) is 13.7. The van der Waals surface area contributed by atoms with Gasteiger partial charge in [0, 0.05) is 31.3 Å². The first-order valence-electron chi connectivity index (χ1n) is 9.26. The number of methoxy groups -OCH3 is 1. The van der Waals surface area contributed by atoms with Gasteiger partial charge >= 0.3 is 0 Å². The SMILES string of the molecule is COc1ccc(/C=C/C(=O)N2CCCC(c3nnc4ccccn34)C2)cc1F. The number of rotatable bonds is 4. The second kappa shape index (κ2) is 7.80. The number of benzene rings is 1. The number of likely N-dealkylation sites (tertiary alicyclic amines) is 1. The molecule has 3 aromatic rings. The number of aromatic nitrogens is 3. The highest BCUT2D eigenvalue weighted by Gasteiger charge is 2.27. The molecule has 144 valence electrons. The van der Waals surface area contributed by atoms with E-state index in [1.54, 1.807) is 18.2 Å². The molecular weight excluding hydrogens is 359 g/mol. The van der Waals surface area contributed by atoms with E-state index in [4.69, 9.17) is 4.74 Å². The third-order valence-electron chi connectivity index (χ3n) is 5.03. The smallest absolute Gasteiger partial charge is 0.246 e. The summed E-state index contributed by atoms with van der Waals surface area (Å²) >= 11 is 0. The van der Waals surface area contributed by atoms with Gasteiger partial charge in [-0.25, -0.2) is 4.39 Å². The molecule has 0 aliphatic carbocycles. The van der Waals surface area contributed by atoms with E-state index in [1.807, 2.05) is 33.7 Å². The molecule has 0 radical (unpaired) electrons. The molecule has 4 rings (SSSR count). The summed E-state index contributed by atoms with van der Waals surface area (Å²) in [5, 5.41) is 8.55. The molecule has 1 unspecified atom stereocenters. The van der Waals surface area contributed by atoms with Crippen molar-refractivity contribution in [2.24, 2.45) is 0 Å². The van der Waals surface area contributed by atoms with E-state index in [-0.39, 0.29) is 17.6 Å². The lowest BCUT2D eigenvalue weighted by atomic mass is 9.97. The maximum Gasteiger partial charge on any atom is 0.246 e. The lowest BCUT2D eigenvalue weighted by Gasteiger charge is -2.31. The number of carbonyl (C=O) groups is 1. The molecular formula is C21H21FN4O2. The van der Waals surface area contributed by atoms with Gasteiger partial charge in [0.25, 0.3) is 0 Å². The molecule has 1 aliphatic heterocycles. The van der Waals surface area contributed by atoms with Crippen LogP contribution in [0.1, 0.15) is 30.1 Å². The Morgan fingerprint density at radius 3 is 3.00 bits per heavy atom. The highest BCUT2D eigenvalue weighted by Crippen LogP contribution is 2.26. The van der Waals surface area contributed by atoms with Gasteiger partial charge in [-0.1, -0.05) is 12.1 Å². The van der Waals surface area contributed by atoms with Crippen LogP contribution in [0.5, 0.6) is 5.75 Å². The largest absolute Gasteiger partial charge is 0.494 e. The van der Waals surface area contributed by atoms with Crippen LogP contribution in [0.4, 0.5) is 4.39 Å². The number of fused-ring (bicyclic) bond motifs is 1. The molecule has 0 N–H and O–H groups in total. The summed E-state index contributed by atoms with van der Waals surface area (Å²) in [6.45, 7) is 1.29. The fourth-order valence-electron chi connectivity index (χ4n) is 3.59. The van der Waals surface area contributed by atoms with E-state index in [0.29, 0.717) is 18.7 Å². The zero-order valence-electron chi connectivity index (χ0n) is 15.6. The molecule has 2 aromatic heterocycles. The van der Waals surface area contributed by atoms with Gasteiger partial charge < -0.3 is 9.64 Å². The Balaban J connectivity index is 1.47. The first-order valence-corrected chi connectivity index (χ1v) is 9.26. The van der Waals surface area contributed by atoms with Crippen LogP contribution in [0.2, 0.25) is 0 Å². The normalized spacial score (nSPS) is 17.4. The fraction of sp³-hybridized carbons (Fsp3) is 0.286. The topological polar surface area (TPSA) is 59.7 Å². The van der Waals surface area contributed by atoms with Crippen molar-refractivity contribution >= 4 is 17.6 Å². The molecule has 7 heteroatoms. The number of nitrogens with zero attached hydrogens (tertiary/aromatic N) is 4. The minimum absolute atomic E-state index is 0.0882. The average molecular weight is 380 g/mol. The Morgan fingerprint density at radius 2 is 2.18 bits per heavy atom. The van der Waals surface area contributed by atoms with E-state index in [1.165, 1.54) is 19.3 Å². The van der Waals surface area contributed by atoms with Gasteiger partial charge in [0.05, 0.1) is 7.11 Å². The summed E-state index contributed by atoms with van der Waals surface area (Å²) in [4.78, 5) is 14.5. The quantitative estimate of drug-likeness (QED) is 0.652. The van der Waals surface area contributed by atoms with Crippen molar-refractivity contribution in [1.82, 2.24) is 19.5 Å². The van der Waals surface area contributed by atoms with Crippen molar-refractivity contribution in [3.63, 3.8) is 0 Å². The van der Waals surface area contributed by atoms with E-state index in [2.05, 4.69) is 10.2 Å². The van der Waals surface area contributed by atoms with Gasteiger partial charge in [-0.15, -0.1) is 10.2 Å². The third kappa shape index (κ3) is 3.60. The van der Waals surface area contributed by atoms with Gasteiger partial charge in [-0.05, 0) is 48.7 Å². The lowest BCUT2D eigenvalue weighted by Crippen LogP contribution is -2.38.